The van der Waals surface area contributed by atoms with Gasteiger partial charge in [0.15, 0.2) is 5.82 Å². The Balaban J connectivity index is 1.54. The van der Waals surface area contributed by atoms with E-state index in [4.69, 9.17) is 4.74 Å². The zero-order valence-corrected chi connectivity index (χ0v) is 12.3. The third kappa shape index (κ3) is 3.80. The van der Waals surface area contributed by atoms with Gasteiger partial charge in [-0.15, -0.1) is 0 Å². The van der Waals surface area contributed by atoms with E-state index in [1.807, 2.05) is 0 Å². The number of carbonyl (C=O) groups is 1. The Morgan fingerprint density at radius 2 is 1.65 bits per heavy atom. The molecule has 5 nitrogen and oxygen atoms in total. The molecule has 1 saturated heterocycles. The highest BCUT2D eigenvalue weighted by Gasteiger charge is 2.25. The molecule has 3 rings (SSSR count). The first-order valence-corrected chi connectivity index (χ1v) is 7.31. The molecular weight excluding hydrogens is 304 g/mol. The van der Waals surface area contributed by atoms with Crippen molar-refractivity contribution in [1.29, 1.82) is 0 Å². The van der Waals surface area contributed by atoms with Gasteiger partial charge >= 0.3 is 6.01 Å². The van der Waals surface area contributed by atoms with E-state index in [9.17, 15) is 13.6 Å². The van der Waals surface area contributed by atoms with Crippen molar-refractivity contribution < 1.29 is 18.3 Å². The summed E-state index contributed by atoms with van der Waals surface area (Å²) in [4.78, 5) is 21.5. The lowest BCUT2D eigenvalue weighted by atomic mass is 10.1. The zero-order valence-electron chi connectivity index (χ0n) is 12.3. The highest BCUT2D eigenvalue weighted by molar-refractivity contribution is 5.94. The Morgan fingerprint density at radius 3 is 2.26 bits per heavy atom. The first-order chi connectivity index (χ1) is 11.1. The molecule has 0 N–H and O–H groups in total. The molecule has 0 spiro atoms. The molecule has 0 aliphatic carbocycles. The van der Waals surface area contributed by atoms with Gasteiger partial charge in [0.25, 0.3) is 5.91 Å². The lowest BCUT2D eigenvalue weighted by Gasteiger charge is -2.31. The fourth-order valence-electron chi connectivity index (χ4n) is 2.46. The maximum atomic E-state index is 12.9. The Morgan fingerprint density at radius 1 is 1.04 bits per heavy atom. The second-order valence-electron chi connectivity index (χ2n) is 5.30. The van der Waals surface area contributed by atoms with E-state index in [1.54, 1.807) is 4.90 Å². The number of likely N-dealkylation sites (tertiary alicyclic amines) is 1. The van der Waals surface area contributed by atoms with Gasteiger partial charge in [0.05, 0.1) is 12.4 Å². The molecule has 7 heteroatoms. The molecule has 120 valence electrons. The molecule has 0 unspecified atom stereocenters. The molecule has 1 amide bonds. The molecule has 23 heavy (non-hydrogen) atoms. The topological polar surface area (TPSA) is 55.3 Å². The van der Waals surface area contributed by atoms with Gasteiger partial charge in [-0.1, -0.05) is 0 Å². The van der Waals surface area contributed by atoms with Gasteiger partial charge in [0, 0.05) is 31.5 Å². The Kier molecular flexibility index (Phi) is 4.45. The van der Waals surface area contributed by atoms with Crippen molar-refractivity contribution >= 4 is 5.91 Å². The summed E-state index contributed by atoms with van der Waals surface area (Å²) in [5.74, 6) is -1.01. The summed E-state index contributed by atoms with van der Waals surface area (Å²) in [6, 6.07) is 5.64. The molecular formula is C16H15F2N3O2. The fourth-order valence-corrected chi connectivity index (χ4v) is 2.46. The van der Waals surface area contributed by atoms with Gasteiger partial charge in [-0.3, -0.25) is 4.79 Å². The SMILES string of the molecule is O=C(c1ccc(F)cc1)N1CCC(Oc2ncc(F)cn2)CC1. The number of rotatable bonds is 3. The minimum atomic E-state index is -0.517. The number of aromatic nitrogens is 2. The molecule has 1 fully saturated rings. The molecule has 1 aromatic heterocycles. The normalized spacial score (nSPS) is 15.5. The number of amides is 1. The van der Waals surface area contributed by atoms with Gasteiger partial charge in [-0.05, 0) is 24.3 Å². The number of piperidine rings is 1. The van der Waals surface area contributed by atoms with Crippen LogP contribution in [0.4, 0.5) is 8.78 Å². The van der Waals surface area contributed by atoms with Crippen molar-refractivity contribution in [3.05, 3.63) is 53.9 Å². The van der Waals surface area contributed by atoms with E-state index in [0.717, 1.165) is 12.4 Å². The maximum Gasteiger partial charge on any atom is 0.316 e. The average molecular weight is 319 g/mol. The third-order valence-electron chi connectivity index (χ3n) is 3.69. The standard InChI is InChI=1S/C16H15F2N3O2/c17-12-3-1-11(2-4-12)15(22)21-7-5-14(6-8-21)23-16-19-9-13(18)10-20-16/h1-4,9-10,14H,5-8H2. The molecule has 1 aliphatic rings. The van der Waals surface area contributed by atoms with Crippen molar-refractivity contribution in [1.82, 2.24) is 14.9 Å². The third-order valence-corrected chi connectivity index (χ3v) is 3.69. The number of hydrogen-bond acceptors (Lipinski definition) is 4. The number of hydrogen-bond donors (Lipinski definition) is 0. The van der Waals surface area contributed by atoms with Crippen LogP contribution in [0.5, 0.6) is 6.01 Å². The van der Waals surface area contributed by atoms with E-state index < -0.39 is 5.82 Å². The Bertz CT molecular complexity index is 669. The van der Waals surface area contributed by atoms with E-state index in [0.29, 0.717) is 31.5 Å². The van der Waals surface area contributed by atoms with E-state index >= 15 is 0 Å². The molecule has 1 aliphatic heterocycles. The summed E-state index contributed by atoms with van der Waals surface area (Å²) in [6.07, 6.45) is 3.25. The van der Waals surface area contributed by atoms with Crippen LogP contribution < -0.4 is 4.74 Å². The summed E-state index contributed by atoms with van der Waals surface area (Å²) in [5.41, 5.74) is 0.465. The second-order valence-corrected chi connectivity index (χ2v) is 5.30. The second kappa shape index (κ2) is 6.68. The minimum absolute atomic E-state index is 0.113. The van der Waals surface area contributed by atoms with E-state index in [2.05, 4.69) is 9.97 Å². The maximum absolute atomic E-state index is 12.9. The monoisotopic (exact) mass is 319 g/mol. The summed E-state index contributed by atoms with van der Waals surface area (Å²) >= 11 is 0. The molecule has 0 saturated carbocycles. The van der Waals surface area contributed by atoms with Crippen LogP contribution in [0.25, 0.3) is 0 Å². The van der Waals surface area contributed by atoms with E-state index in [-0.39, 0.29) is 23.8 Å². The highest BCUT2D eigenvalue weighted by Crippen LogP contribution is 2.18. The number of nitrogens with zero attached hydrogens (tertiary/aromatic N) is 3. The van der Waals surface area contributed by atoms with Crippen molar-refractivity contribution in [2.45, 2.75) is 18.9 Å². The number of carbonyl (C=O) groups excluding carboxylic acids is 1. The summed E-state index contributed by atoms with van der Waals surface area (Å²) in [7, 11) is 0. The molecule has 1 aromatic carbocycles. The summed E-state index contributed by atoms with van der Waals surface area (Å²) in [5, 5.41) is 0. The van der Waals surface area contributed by atoms with Crippen LogP contribution in [0.2, 0.25) is 0 Å². The van der Waals surface area contributed by atoms with Gasteiger partial charge in [-0.2, -0.15) is 0 Å². The quantitative estimate of drug-likeness (QED) is 0.872. The number of ether oxygens (including phenoxy) is 1. The average Bonchev–Trinajstić information content (AvgIpc) is 2.58. The first kappa shape index (κ1) is 15.3. The number of halogens is 2. The largest absolute Gasteiger partial charge is 0.460 e. The Hall–Kier alpha value is -2.57. The first-order valence-electron chi connectivity index (χ1n) is 7.31. The van der Waals surface area contributed by atoms with Crippen LogP contribution in [-0.2, 0) is 0 Å². The molecule has 0 radical (unpaired) electrons. The van der Waals surface area contributed by atoms with Crippen LogP contribution in [-0.4, -0.2) is 40.0 Å². The predicted molar refractivity (Wildman–Crippen MR) is 77.9 cm³/mol. The van der Waals surface area contributed by atoms with Crippen molar-refractivity contribution in [3.63, 3.8) is 0 Å². The van der Waals surface area contributed by atoms with Crippen LogP contribution in [0.1, 0.15) is 23.2 Å². The van der Waals surface area contributed by atoms with Crippen molar-refractivity contribution in [2.75, 3.05) is 13.1 Å². The van der Waals surface area contributed by atoms with Gasteiger partial charge in [0.1, 0.15) is 11.9 Å². The Labute approximate surface area is 131 Å². The van der Waals surface area contributed by atoms with Gasteiger partial charge in [0.2, 0.25) is 0 Å². The van der Waals surface area contributed by atoms with Crippen LogP contribution >= 0.6 is 0 Å². The van der Waals surface area contributed by atoms with Crippen molar-refractivity contribution in [3.8, 4) is 6.01 Å². The highest BCUT2D eigenvalue weighted by atomic mass is 19.1. The smallest absolute Gasteiger partial charge is 0.316 e. The van der Waals surface area contributed by atoms with E-state index in [1.165, 1.54) is 24.3 Å². The summed E-state index contributed by atoms with van der Waals surface area (Å²) < 4.78 is 31.2. The van der Waals surface area contributed by atoms with Crippen LogP contribution in [0.3, 0.4) is 0 Å². The van der Waals surface area contributed by atoms with Crippen LogP contribution in [0.15, 0.2) is 36.7 Å². The lowest BCUT2D eigenvalue weighted by molar-refractivity contribution is 0.0578. The molecule has 0 bridgehead atoms. The van der Waals surface area contributed by atoms with Gasteiger partial charge < -0.3 is 9.64 Å². The minimum Gasteiger partial charge on any atom is -0.460 e. The molecule has 0 atom stereocenters. The molecule has 2 aromatic rings. The fraction of sp³-hybridized carbons (Fsp3) is 0.312. The number of benzene rings is 1. The lowest BCUT2D eigenvalue weighted by Crippen LogP contribution is -2.41. The zero-order chi connectivity index (χ0) is 16.2. The van der Waals surface area contributed by atoms with Gasteiger partial charge in [-0.25, -0.2) is 18.7 Å². The molecule has 2 heterocycles. The van der Waals surface area contributed by atoms with Crippen molar-refractivity contribution in [2.24, 2.45) is 0 Å². The predicted octanol–water partition coefficient (Wildman–Crippen LogP) is 2.44. The summed E-state index contributed by atoms with van der Waals surface area (Å²) in [6.45, 7) is 1.06. The van der Waals surface area contributed by atoms with Crippen LogP contribution in [0, 0.1) is 11.6 Å².